The van der Waals surface area contributed by atoms with Crippen molar-refractivity contribution in [3.8, 4) is 0 Å². The van der Waals surface area contributed by atoms with Crippen LogP contribution in [0.1, 0.15) is 13.8 Å². The Bertz CT molecular complexity index is 1050. The number of imide groups is 1. The Morgan fingerprint density at radius 3 is 2.70 bits per heavy atom. The molecule has 0 spiro atoms. The third kappa shape index (κ3) is 3.71. The minimum atomic E-state index is -3.61. The monoisotopic (exact) mass is 471 g/mol. The van der Waals surface area contributed by atoms with Gasteiger partial charge in [-0.25, -0.2) is 13.2 Å². The number of carbonyl (C=O) groups excluding carboxylic acids is 2. The van der Waals surface area contributed by atoms with Gasteiger partial charge in [-0.05, 0) is 31.2 Å². The van der Waals surface area contributed by atoms with Crippen LogP contribution in [0.4, 0.5) is 10.5 Å². The van der Waals surface area contributed by atoms with Crippen molar-refractivity contribution < 1.29 is 18.0 Å². The van der Waals surface area contributed by atoms with Crippen LogP contribution >= 0.6 is 27.5 Å². The van der Waals surface area contributed by atoms with Crippen LogP contribution in [0.25, 0.3) is 0 Å². The third-order valence-electron chi connectivity index (χ3n) is 4.05. The van der Waals surface area contributed by atoms with E-state index in [4.69, 9.17) is 11.6 Å². The van der Waals surface area contributed by atoms with Gasteiger partial charge in [0.2, 0.25) is 0 Å². The molecule has 1 N–H and O–H groups in total. The standard InChI is InChI=1S/C17H15BrClN3O4S/c1-3-27(25,26)14-5-4-10(19)8-13(14)21-22-16(23)11-6-9(2)7-12(18)15(11)20-17(22)24/h4-8,12,21H,3H2,1-2H3. The number of nitrogens with one attached hydrogen (secondary N) is 1. The maximum atomic E-state index is 12.8. The predicted molar refractivity (Wildman–Crippen MR) is 107 cm³/mol. The highest BCUT2D eigenvalue weighted by Crippen LogP contribution is 2.30. The van der Waals surface area contributed by atoms with Gasteiger partial charge < -0.3 is 0 Å². The van der Waals surface area contributed by atoms with E-state index in [2.05, 4.69) is 26.3 Å². The molecule has 0 radical (unpaired) electrons. The summed E-state index contributed by atoms with van der Waals surface area (Å²) >= 11 is 9.35. The summed E-state index contributed by atoms with van der Waals surface area (Å²) in [6.07, 6.45) is 3.45. The van der Waals surface area contributed by atoms with Gasteiger partial charge in [0.1, 0.15) is 0 Å². The lowest BCUT2D eigenvalue weighted by Crippen LogP contribution is -2.47. The average Bonchev–Trinajstić information content (AvgIpc) is 2.59. The number of halogens is 2. The summed E-state index contributed by atoms with van der Waals surface area (Å²) in [6.45, 7) is 3.32. The Morgan fingerprint density at radius 2 is 2.04 bits per heavy atom. The van der Waals surface area contributed by atoms with Crippen LogP contribution in [0.2, 0.25) is 5.02 Å². The average molecular weight is 473 g/mol. The second-order valence-electron chi connectivity index (χ2n) is 5.95. The molecule has 0 saturated carbocycles. The number of alkyl halides is 1. The Kier molecular flexibility index (Phi) is 5.29. The van der Waals surface area contributed by atoms with Crippen molar-refractivity contribution >= 4 is 60.7 Å². The fraction of sp³-hybridized carbons (Fsp3) is 0.235. The van der Waals surface area contributed by atoms with E-state index in [-0.39, 0.29) is 31.8 Å². The van der Waals surface area contributed by atoms with E-state index in [9.17, 15) is 18.0 Å². The van der Waals surface area contributed by atoms with Gasteiger partial charge in [0, 0.05) is 5.02 Å². The zero-order valence-electron chi connectivity index (χ0n) is 14.4. The molecule has 2 aliphatic rings. The second kappa shape index (κ2) is 7.21. The number of hydrazine groups is 1. The fourth-order valence-electron chi connectivity index (χ4n) is 2.70. The molecule has 0 saturated heterocycles. The largest absolute Gasteiger partial charge is 0.370 e. The topological polar surface area (TPSA) is 95.9 Å². The minimum Gasteiger partial charge on any atom is -0.286 e. The molecule has 1 atom stereocenters. The SMILES string of the molecule is CCS(=O)(=O)c1ccc(Cl)cc1NN1C(=O)N=C2C(=CC(C)=CC2Br)C1=O. The molecule has 1 aromatic carbocycles. The first kappa shape index (κ1) is 19.8. The number of carbonyl (C=O) groups is 2. The summed E-state index contributed by atoms with van der Waals surface area (Å²) in [5, 5.41) is 0.943. The summed E-state index contributed by atoms with van der Waals surface area (Å²) in [4.78, 5) is 28.8. The van der Waals surface area contributed by atoms with E-state index in [0.29, 0.717) is 10.7 Å². The quantitative estimate of drug-likeness (QED) is 0.677. The van der Waals surface area contributed by atoms with Gasteiger partial charge >= 0.3 is 6.03 Å². The number of fused-ring (bicyclic) bond motifs is 1. The molecule has 1 aromatic rings. The maximum absolute atomic E-state index is 12.8. The van der Waals surface area contributed by atoms with E-state index < -0.39 is 21.8 Å². The number of aliphatic imine (C=N–C) groups is 1. The van der Waals surface area contributed by atoms with Crippen molar-refractivity contribution in [1.29, 1.82) is 0 Å². The van der Waals surface area contributed by atoms with Crippen molar-refractivity contribution in [3.63, 3.8) is 0 Å². The molecule has 142 valence electrons. The molecule has 0 aromatic heterocycles. The van der Waals surface area contributed by atoms with E-state index in [1.165, 1.54) is 25.1 Å². The van der Waals surface area contributed by atoms with Gasteiger partial charge in [0.05, 0.1) is 32.4 Å². The lowest BCUT2D eigenvalue weighted by atomic mass is 9.96. The first-order valence-electron chi connectivity index (χ1n) is 7.94. The van der Waals surface area contributed by atoms with Crippen LogP contribution in [0.3, 0.4) is 0 Å². The van der Waals surface area contributed by atoms with Crippen molar-refractivity contribution in [3.05, 3.63) is 46.5 Å². The maximum Gasteiger partial charge on any atom is 0.370 e. The van der Waals surface area contributed by atoms with E-state index >= 15 is 0 Å². The number of urea groups is 1. The lowest BCUT2D eigenvalue weighted by molar-refractivity contribution is -0.122. The summed E-state index contributed by atoms with van der Waals surface area (Å²) in [7, 11) is -3.61. The molecular formula is C17H15BrClN3O4S. The molecule has 0 fully saturated rings. The summed E-state index contributed by atoms with van der Waals surface area (Å²) in [5.41, 5.74) is 4.03. The first-order valence-corrected chi connectivity index (χ1v) is 10.9. The highest BCUT2D eigenvalue weighted by Gasteiger charge is 2.37. The van der Waals surface area contributed by atoms with Crippen LogP contribution < -0.4 is 5.43 Å². The van der Waals surface area contributed by atoms with Crippen molar-refractivity contribution in [2.75, 3.05) is 11.2 Å². The smallest absolute Gasteiger partial charge is 0.286 e. The Morgan fingerprint density at radius 1 is 1.33 bits per heavy atom. The second-order valence-corrected chi connectivity index (χ2v) is 9.62. The Labute approximate surface area is 169 Å². The summed E-state index contributed by atoms with van der Waals surface area (Å²) < 4.78 is 24.7. The van der Waals surface area contributed by atoms with Gasteiger partial charge in [-0.1, -0.05) is 46.1 Å². The van der Waals surface area contributed by atoms with Gasteiger partial charge in [-0.15, -0.1) is 0 Å². The molecule has 1 unspecified atom stereocenters. The molecular weight excluding hydrogens is 458 g/mol. The number of rotatable bonds is 4. The number of sulfone groups is 1. The zero-order valence-corrected chi connectivity index (χ0v) is 17.5. The van der Waals surface area contributed by atoms with Crippen LogP contribution in [-0.4, -0.2) is 41.7 Å². The van der Waals surface area contributed by atoms with Crippen LogP contribution in [0.5, 0.6) is 0 Å². The van der Waals surface area contributed by atoms with Gasteiger partial charge in [-0.3, -0.25) is 10.2 Å². The number of hydrogen-bond donors (Lipinski definition) is 1. The summed E-state index contributed by atoms with van der Waals surface area (Å²) in [5.74, 6) is -0.768. The van der Waals surface area contributed by atoms with Crippen molar-refractivity contribution in [2.24, 2.45) is 4.99 Å². The van der Waals surface area contributed by atoms with Crippen LogP contribution in [-0.2, 0) is 14.6 Å². The van der Waals surface area contributed by atoms with Crippen LogP contribution in [0.15, 0.2) is 51.4 Å². The third-order valence-corrected chi connectivity index (χ3v) is 6.77. The molecule has 1 heterocycles. The molecule has 27 heavy (non-hydrogen) atoms. The lowest BCUT2D eigenvalue weighted by Gasteiger charge is -2.29. The molecule has 1 aliphatic carbocycles. The number of hydrogen-bond acceptors (Lipinski definition) is 5. The highest BCUT2D eigenvalue weighted by atomic mass is 79.9. The molecule has 1 aliphatic heterocycles. The normalized spacial score (nSPS) is 19.9. The van der Waals surface area contributed by atoms with Gasteiger partial charge in [-0.2, -0.15) is 10.0 Å². The van der Waals surface area contributed by atoms with E-state index in [0.717, 1.165) is 5.57 Å². The number of amides is 3. The first-order chi connectivity index (χ1) is 12.6. The van der Waals surface area contributed by atoms with Gasteiger partial charge in [0.25, 0.3) is 5.91 Å². The zero-order chi connectivity index (χ0) is 19.9. The highest BCUT2D eigenvalue weighted by molar-refractivity contribution is 9.10. The molecule has 3 rings (SSSR count). The summed E-state index contributed by atoms with van der Waals surface area (Å²) in [6, 6.07) is 3.26. The van der Waals surface area contributed by atoms with E-state index in [1.807, 2.05) is 13.0 Å². The van der Waals surface area contributed by atoms with Gasteiger partial charge in [0.15, 0.2) is 9.84 Å². The number of nitrogens with zero attached hydrogens (tertiary/aromatic N) is 2. The molecule has 0 bridgehead atoms. The molecule has 3 amide bonds. The van der Waals surface area contributed by atoms with Crippen molar-refractivity contribution in [1.82, 2.24) is 5.01 Å². The Hall–Kier alpha value is -1.97. The van der Waals surface area contributed by atoms with Crippen molar-refractivity contribution in [2.45, 2.75) is 23.6 Å². The molecule has 7 nitrogen and oxygen atoms in total. The number of allylic oxidation sites excluding steroid dienone is 3. The van der Waals surface area contributed by atoms with Crippen LogP contribution in [0, 0.1) is 0 Å². The fourth-order valence-corrected chi connectivity index (χ4v) is 4.66. The Balaban J connectivity index is 2.04. The predicted octanol–water partition coefficient (Wildman–Crippen LogP) is 3.51. The number of benzene rings is 1. The minimum absolute atomic E-state index is 0.0313. The van der Waals surface area contributed by atoms with E-state index in [1.54, 1.807) is 6.08 Å². The number of anilines is 1. The molecule has 10 heteroatoms.